The smallest absolute Gasteiger partial charge is 0.393 e. The fourth-order valence-electron chi connectivity index (χ4n) is 2.08. The lowest BCUT2D eigenvalue weighted by Crippen LogP contribution is -2.12. The molecule has 5 nitrogen and oxygen atoms in total. The molecule has 0 saturated carbocycles. The maximum atomic E-state index is 13.1. The number of para-hydroxylation sites is 1. The molecule has 1 aromatic heterocycles. The van der Waals surface area contributed by atoms with Gasteiger partial charge in [-0.2, -0.15) is 13.2 Å². The van der Waals surface area contributed by atoms with E-state index in [2.05, 4.69) is 34.4 Å². The van der Waals surface area contributed by atoms with Gasteiger partial charge in [0, 0.05) is 6.54 Å². The molecule has 8 heteroatoms. The van der Waals surface area contributed by atoms with Crippen LogP contribution in [0.4, 0.5) is 36.2 Å². The zero-order valence-electron chi connectivity index (χ0n) is 13.5. The summed E-state index contributed by atoms with van der Waals surface area (Å²) in [6, 6.07) is 5.17. The van der Waals surface area contributed by atoms with Gasteiger partial charge in [0.25, 0.3) is 0 Å². The summed E-state index contributed by atoms with van der Waals surface area (Å²) in [6.45, 7) is 4.84. The molecular formula is C16H20F3N5. The first-order valence-corrected chi connectivity index (χ1v) is 7.56. The SMILES string of the molecule is CC(C)CCNc1ncnc(Nc2ccccc2C(F)(F)F)c1N. The Morgan fingerprint density at radius 2 is 1.79 bits per heavy atom. The number of nitrogens with one attached hydrogen (secondary N) is 2. The number of benzene rings is 1. The summed E-state index contributed by atoms with van der Waals surface area (Å²) < 4.78 is 39.2. The average molecular weight is 339 g/mol. The Hall–Kier alpha value is -2.51. The highest BCUT2D eigenvalue weighted by atomic mass is 19.4. The Morgan fingerprint density at radius 1 is 1.12 bits per heavy atom. The predicted octanol–water partition coefficient (Wildman–Crippen LogP) is 4.28. The first-order chi connectivity index (χ1) is 11.3. The second-order valence-corrected chi connectivity index (χ2v) is 5.76. The molecule has 24 heavy (non-hydrogen) atoms. The van der Waals surface area contributed by atoms with E-state index < -0.39 is 11.7 Å². The molecule has 0 saturated heterocycles. The van der Waals surface area contributed by atoms with Crippen LogP contribution in [-0.2, 0) is 6.18 Å². The molecule has 0 fully saturated rings. The van der Waals surface area contributed by atoms with Crippen molar-refractivity contribution in [2.45, 2.75) is 26.4 Å². The maximum absolute atomic E-state index is 13.1. The van der Waals surface area contributed by atoms with Gasteiger partial charge in [-0.25, -0.2) is 9.97 Å². The van der Waals surface area contributed by atoms with E-state index in [1.807, 2.05) is 0 Å². The molecule has 0 radical (unpaired) electrons. The van der Waals surface area contributed by atoms with Gasteiger partial charge >= 0.3 is 6.18 Å². The topological polar surface area (TPSA) is 75.9 Å². The molecule has 0 spiro atoms. The van der Waals surface area contributed by atoms with E-state index in [-0.39, 0.29) is 17.2 Å². The van der Waals surface area contributed by atoms with Crippen molar-refractivity contribution in [2.75, 3.05) is 22.9 Å². The van der Waals surface area contributed by atoms with E-state index in [4.69, 9.17) is 5.73 Å². The Kier molecular flexibility index (Phi) is 5.48. The molecule has 0 amide bonds. The summed E-state index contributed by atoms with van der Waals surface area (Å²) >= 11 is 0. The molecule has 2 rings (SSSR count). The van der Waals surface area contributed by atoms with E-state index >= 15 is 0 Å². The summed E-state index contributed by atoms with van der Waals surface area (Å²) in [4.78, 5) is 7.99. The van der Waals surface area contributed by atoms with E-state index in [0.717, 1.165) is 12.5 Å². The van der Waals surface area contributed by atoms with Crippen LogP contribution in [0.2, 0.25) is 0 Å². The van der Waals surface area contributed by atoms with Crippen molar-refractivity contribution < 1.29 is 13.2 Å². The molecule has 130 valence electrons. The van der Waals surface area contributed by atoms with Gasteiger partial charge in [-0.15, -0.1) is 0 Å². The van der Waals surface area contributed by atoms with E-state index in [0.29, 0.717) is 18.3 Å². The van der Waals surface area contributed by atoms with Crippen LogP contribution in [0.3, 0.4) is 0 Å². The van der Waals surface area contributed by atoms with Gasteiger partial charge in [-0.3, -0.25) is 0 Å². The number of hydrogen-bond acceptors (Lipinski definition) is 5. The second-order valence-electron chi connectivity index (χ2n) is 5.76. The maximum Gasteiger partial charge on any atom is 0.418 e. The number of nitrogens with two attached hydrogens (primary N) is 1. The van der Waals surface area contributed by atoms with Crippen molar-refractivity contribution >= 4 is 23.0 Å². The zero-order valence-corrected chi connectivity index (χ0v) is 13.5. The minimum atomic E-state index is -4.47. The van der Waals surface area contributed by atoms with Gasteiger partial charge in [-0.05, 0) is 24.5 Å². The number of rotatable bonds is 6. The summed E-state index contributed by atoms with van der Waals surface area (Å²) in [5, 5.41) is 5.73. The molecule has 0 bridgehead atoms. The number of nitrogen functional groups attached to an aromatic ring is 1. The highest BCUT2D eigenvalue weighted by molar-refractivity contribution is 5.78. The number of alkyl halides is 3. The van der Waals surface area contributed by atoms with E-state index in [1.54, 1.807) is 0 Å². The Labute approximate surface area is 138 Å². The van der Waals surface area contributed by atoms with Gasteiger partial charge < -0.3 is 16.4 Å². The molecule has 0 aliphatic heterocycles. The summed E-state index contributed by atoms with van der Waals surface area (Å²) in [6.07, 6.45) is -2.29. The first kappa shape index (κ1) is 17.8. The number of hydrogen-bond donors (Lipinski definition) is 3. The Bertz CT molecular complexity index is 686. The van der Waals surface area contributed by atoms with Gasteiger partial charge in [0.2, 0.25) is 0 Å². The molecule has 1 aromatic carbocycles. The van der Waals surface area contributed by atoms with Crippen LogP contribution < -0.4 is 16.4 Å². The summed E-state index contributed by atoms with van der Waals surface area (Å²) in [5.41, 5.74) is 5.27. The number of nitrogens with zero attached hydrogens (tertiary/aromatic N) is 2. The first-order valence-electron chi connectivity index (χ1n) is 7.56. The zero-order chi connectivity index (χ0) is 17.7. The molecule has 0 aliphatic carbocycles. The number of aromatic nitrogens is 2. The normalized spacial score (nSPS) is 11.6. The third-order valence-corrected chi connectivity index (χ3v) is 3.38. The molecule has 0 unspecified atom stereocenters. The van der Waals surface area contributed by atoms with Crippen molar-refractivity contribution in [1.82, 2.24) is 9.97 Å². The average Bonchev–Trinajstić information content (AvgIpc) is 2.50. The van der Waals surface area contributed by atoms with E-state index in [9.17, 15) is 13.2 Å². The van der Waals surface area contributed by atoms with Crippen LogP contribution in [0, 0.1) is 5.92 Å². The summed E-state index contributed by atoms with van der Waals surface area (Å²) in [5.74, 6) is 1.04. The van der Waals surface area contributed by atoms with Gasteiger partial charge in [0.1, 0.15) is 12.0 Å². The lowest BCUT2D eigenvalue weighted by molar-refractivity contribution is -0.136. The molecule has 0 aliphatic rings. The number of halogens is 3. The predicted molar refractivity (Wildman–Crippen MR) is 89.1 cm³/mol. The van der Waals surface area contributed by atoms with Crippen LogP contribution in [0.25, 0.3) is 0 Å². The Morgan fingerprint density at radius 3 is 2.46 bits per heavy atom. The van der Waals surface area contributed by atoms with Crippen LogP contribution in [0.5, 0.6) is 0 Å². The minimum absolute atomic E-state index is 0.108. The molecule has 2 aromatic rings. The highest BCUT2D eigenvalue weighted by Gasteiger charge is 2.33. The van der Waals surface area contributed by atoms with Gasteiger partial charge in [0.15, 0.2) is 11.6 Å². The molecular weight excluding hydrogens is 319 g/mol. The lowest BCUT2D eigenvalue weighted by Gasteiger charge is -2.16. The standard InChI is InChI=1S/C16H20F3N5/c1-10(2)7-8-21-14-13(20)15(23-9-22-14)24-12-6-4-3-5-11(12)16(17,18)19/h3-6,9-10H,7-8,20H2,1-2H3,(H2,21,22,23,24). The summed E-state index contributed by atoms with van der Waals surface area (Å²) in [7, 11) is 0. The van der Waals surface area contributed by atoms with Crippen molar-refractivity contribution in [1.29, 1.82) is 0 Å². The largest absolute Gasteiger partial charge is 0.418 e. The fourth-order valence-corrected chi connectivity index (χ4v) is 2.08. The molecule has 4 N–H and O–H groups in total. The monoisotopic (exact) mass is 339 g/mol. The van der Waals surface area contributed by atoms with Crippen molar-refractivity contribution in [3.63, 3.8) is 0 Å². The van der Waals surface area contributed by atoms with Gasteiger partial charge in [-0.1, -0.05) is 26.0 Å². The second kappa shape index (κ2) is 7.37. The van der Waals surface area contributed by atoms with Crippen molar-refractivity contribution in [3.8, 4) is 0 Å². The van der Waals surface area contributed by atoms with Crippen LogP contribution in [-0.4, -0.2) is 16.5 Å². The van der Waals surface area contributed by atoms with Crippen LogP contribution in [0.15, 0.2) is 30.6 Å². The third-order valence-electron chi connectivity index (χ3n) is 3.38. The fraction of sp³-hybridized carbons (Fsp3) is 0.375. The van der Waals surface area contributed by atoms with Crippen LogP contribution in [0.1, 0.15) is 25.8 Å². The highest BCUT2D eigenvalue weighted by Crippen LogP contribution is 2.36. The molecule has 0 atom stereocenters. The van der Waals surface area contributed by atoms with Gasteiger partial charge in [0.05, 0.1) is 11.3 Å². The minimum Gasteiger partial charge on any atom is -0.393 e. The third kappa shape index (κ3) is 4.50. The quantitative estimate of drug-likeness (QED) is 0.732. The van der Waals surface area contributed by atoms with Crippen molar-refractivity contribution in [3.05, 3.63) is 36.2 Å². The van der Waals surface area contributed by atoms with E-state index in [1.165, 1.54) is 24.5 Å². The number of anilines is 4. The lowest BCUT2D eigenvalue weighted by atomic mass is 10.1. The Balaban J connectivity index is 2.22. The van der Waals surface area contributed by atoms with Crippen LogP contribution >= 0.6 is 0 Å². The molecule has 1 heterocycles. The van der Waals surface area contributed by atoms with Crippen molar-refractivity contribution in [2.24, 2.45) is 5.92 Å².